The minimum Gasteiger partial charge on any atom is -0.493 e. The molecule has 6 rings (SSSR count). The van der Waals surface area contributed by atoms with Crippen molar-refractivity contribution in [1.29, 1.82) is 0 Å². The van der Waals surface area contributed by atoms with E-state index in [0.29, 0.717) is 31.7 Å². The van der Waals surface area contributed by atoms with E-state index < -0.39 is 0 Å². The highest BCUT2D eigenvalue weighted by Gasteiger charge is 2.26. The van der Waals surface area contributed by atoms with Crippen molar-refractivity contribution >= 4 is 11.8 Å². The van der Waals surface area contributed by atoms with Crippen LogP contribution in [0.3, 0.4) is 0 Å². The summed E-state index contributed by atoms with van der Waals surface area (Å²) in [6, 6.07) is 22.0. The Morgan fingerprint density at radius 3 is 2.37 bits per heavy atom. The van der Waals surface area contributed by atoms with Crippen LogP contribution >= 0.6 is 11.8 Å². The fourth-order valence-electron chi connectivity index (χ4n) is 4.74. The van der Waals surface area contributed by atoms with Gasteiger partial charge in [-0.25, -0.2) is 0 Å². The maximum Gasteiger partial charge on any atom is 0.161 e. The van der Waals surface area contributed by atoms with Crippen LogP contribution in [-0.2, 0) is 12.8 Å². The summed E-state index contributed by atoms with van der Waals surface area (Å²) in [5.74, 6) is 4.78. The van der Waals surface area contributed by atoms with Crippen LogP contribution in [0.2, 0.25) is 0 Å². The van der Waals surface area contributed by atoms with Gasteiger partial charge >= 0.3 is 0 Å². The molecular weight excluding hydrogens is 392 g/mol. The monoisotopic (exact) mass is 416 g/mol. The molecule has 0 saturated heterocycles. The van der Waals surface area contributed by atoms with Crippen LogP contribution < -0.4 is 14.2 Å². The molecule has 3 aromatic rings. The number of rotatable bonds is 2. The van der Waals surface area contributed by atoms with Crippen LogP contribution in [0, 0.1) is 0 Å². The highest BCUT2D eigenvalue weighted by atomic mass is 32.2. The van der Waals surface area contributed by atoms with E-state index in [2.05, 4.69) is 54.6 Å². The Hall–Kier alpha value is -2.59. The van der Waals surface area contributed by atoms with Crippen LogP contribution in [-0.4, -0.2) is 25.6 Å². The minimum absolute atomic E-state index is 0.338. The molecule has 0 aromatic heterocycles. The number of ether oxygens (including phenoxy) is 3. The lowest BCUT2D eigenvalue weighted by atomic mass is 9.86. The molecule has 3 nitrogen and oxygen atoms in total. The number of thioether (sulfide) groups is 1. The van der Waals surface area contributed by atoms with E-state index in [0.717, 1.165) is 35.8 Å². The van der Waals surface area contributed by atoms with Crippen LogP contribution in [0.5, 0.6) is 17.2 Å². The van der Waals surface area contributed by atoms with E-state index in [1.165, 1.54) is 27.1 Å². The Morgan fingerprint density at radius 2 is 1.43 bits per heavy atom. The average molecular weight is 417 g/mol. The Balaban J connectivity index is 1.24. The largest absolute Gasteiger partial charge is 0.493 e. The molecule has 0 bridgehead atoms. The Morgan fingerprint density at radius 1 is 0.667 bits per heavy atom. The third-order valence-electron chi connectivity index (χ3n) is 6.38. The van der Waals surface area contributed by atoms with Crippen molar-refractivity contribution in [2.24, 2.45) is 0 Å². The molecule has 0 aliphatic carbocycles. The van der Waals surface area contributed by atoms with E-state index in [9.17, 15) is 0 Å². The standard InChI is InChI=1S/C26H24O3S/c1-2-4-26-19(3-1)12-22(16-30-26)17-5-7-23-20(11-17)13-21(15-29-23)18-6-8-24-25(14-18)28-10-9-27-24/h1-8,11,14,21-22H,9-10,12-13,15-16H2. The van der Waals surface area contributed by atoms with Gasteiger partial charge in [0.2, 0.25) is 0 Å². The van der Waals surface area contributed by atoms with Gasteiger partial charge in [0.25, 0.3) is 0 Å². The van der Waals surface area contributed by atoms with Crippen molar-refractivity contribution in [3.8, 4) is 17.2 Å². The third-order valence-corrected chi connectivity index (χ3v) is 7.66. The van der Waals surface area contributed by atoms with E-state index in [-0.39, 0.29) is 0 Å². The second kappa shape index (κ2) is 7.59. The number of fused-ring (bicyclic) bond motifs is 3. The summed E-state index contributed by atoms with van der Waals surface area (Å²) in [5, 5.41) is 0. The first-order valence-corrected chi connectivity index (χ1v) is 11.7. The summed E-state index contributed by atoms with van der Waals surface area (Å²) < 4.78 is 17.6. The zero-order valence-electron chi connectivity index (χ0n) is 16.8. The third kappa shape index (κ3) is 3.33. The van der Waals surface area contributed by atoms with Crippen molar-refractivity contribution < 1.29 is 14.2 Å². The molecule has 2 unspecified atom stereocenters. The van der Waals surface area contributed by atoms with Crippen molar-refractivity contribution in [3.05, 3.63) is 82.9 Å². The summed E-state index contributed by atoms with van der Waals surface area (Å²) >= 11 is 1.98. The van der Waals surface area contributed by atoms with Crippen molar-refractivity contribution in [1.82, 2.24) is 0 Å². The van der Waals surface area contributed by atoms with Gasteiger partial charge in [-0.2, -0.15) is 0 Å². The second-order valence-corrected chi connectivity index (χ2v) is 9.36. The van der Waals surface area contributed by atoms with Crippen molar-refractivity contribution in [2.45, 2.75) is 29.6 Å². The fraction of sp³-hybridized carbons (Fsp3) is 0.308. The maximum atomic E-state index is 6.16. The molecular formula is C26H24O3S. The summed E-state index contributed by atoms with van der Waals surface area (Å²) in [6.07, 6.45) is 2.12. The topological polar surface area (TPSA) is 27.7 Å². The second-order valence-electron chi connectivity index (χ2n) is 8.30. The Labute approximate surface area is 181 Å². The summed E-state index contributed by atoms with van der Waals surface area (Å²) in [5.41, 5.74) is 5.49. The van der Waals surface area contributed by atoms with Gasteiger partial charge in [-0.05, 0) is 65.3 Å². The predicted octanol–water partition coefficient (Wildman–Crippen LogP) is 5.61. The molecule has 0 saturated carbocycles. The van der Waals surface area contributed by atoms with Crippen LogP contribution in [0.1, 0.15) is 34.1 Å². The highest BCUT2D eigenvalue weighted by molar-refractivity contribution is 7.99. The smallest absolute Gasteiger partial charge is 0.161 e. The average Bonchev–Trinajstić information content (AvgIpc) is 2.82. The first-order chi connectivity index (χ1) is 14.8. The van der Waals surface area contributed by atoms with Gasteiger partial charge in [-0.15, -0.1) is 11.8 Å². The Kier molecular flexibility index (Phi) is 4.60. The molecule has 0 radical (unpaired) electrons. The highest BCUT2D eigenvalue weighted by Crippen LogP contribution is 2.41. The Bertz CT molecular complexity index is 1090. The molecule has 152 valence electrons. The molecule has 3 aliphatic rings. The zero-order chi connectivity index (χ0) is 19.9. The van der Waals surface area contributed by atoms with Gasteiger partial charge in [-0.1, -0.05) is 36.4 Å². The quantitative estimate of drug-likeness (QED) is 0.543. The van der Waals surface area contributed by atoms with Gasteiger partial charge in [-0.3, -0.25) is 0 Å². The lowest BCUT2D eigenvalue weighted by Crippen LogP contribution is -2.21. The molecule has 0 fully saturated rings. The summed E-state index contributed by atoms with van der Waals surface area (Å²) in [6.45, 7) is 1.95. The van der Waals surface area contributed by atoms with Gasteiger partial charge in [0.1, 0.15) is 19.0 Å². The molecule has 0 N–H and O–H groups in total. The van der Waals surface area contributed by atoms with Crippen LogP contribution in [0.4, 0.5) is 0 Å². The molecule has 2 atom stereocenters. The van der Waals surface area contributed by atoms with E-state index in [1.54, 1.807) is 0 Å². The van der Waals surface area contributed by atoms with Crippen molar-refractivity contribution in [3.63, 3.8) is 0 Å². The zero-order valence-corrected chi connectivity index (χ0v) is 17.6. The molecule has 4 heteroatoms. The fourth-order valence-corrected chi connectivity index (χ4v) is 5.94. The lowest BCUT2D eigenvalue weighted by molar-refractivity contribution is 0.171. The molecule has 3 heterocycles. The molecule has 3 aromatic carbocycles. The van der Waals surface area contributed by atoms with Crippen molar-refractivity contribution in [2.75, 3.05) is 25.6 Å². The van der Waals surface area contributed by atoms with E-state index in [1.807, 2.05) is 17.8 Å². The van der Waals surface area contributed by atoms with Crippen LogP contribution in [0.25, 0.3) is 0 Å². The number of hydrogen-bond acceptors (Lipinski definition) is 4. The number of hydrogen-bond donors (Lipinski definition) is 0. The van der Waals surface area contributed by atoms with Crippen LogP contribution in [0.15, 0.2) is 65.6 Å². The minimum atomic E-state index is 0.338. The molecule has 0 amide bonds. The van der Waals surface area contributed by atoms with Gasteiger partial charge in [0.05, 0.1) is 6.61 Å². The normalized spacial score (nSPS) is 21.9. The maximum absolute atomic E-state index is 6.16. The summed E-state index contributed by atoms with van der Waals surface area (Å²) in [7, 11) is 0. The predicted molar refractivity (Wildman–Crippen MR) is 119 cm³/mol. The van der Waals surface area contributed by atoms with Gasteiger partial charge < -0.3 is 14.2 Å². The van der Waals surface area contributed by atoms with E-state index in [4.69, 9.17) is 14.2 Å². The van der Waals surface area contributed by atoms with Gasteiger partial charge in [0.15, 0.2) is 11.5 Å². The first-order valence-electron chi connectivity index (χ1n) is 10.7. The molecule has 0 spiro atoms. The van der Waals surface area contributed by atoms with Gasteiger partial charge in [0, 0.05) is 16.6 Å². The lowest BCUT2D eigenvalue weighted by Gasteiger charge is -2.29. The first kappa shape index (κ1) is 18.2. The van der Waals surface area contributed by atoms with E-state index >= 15 is 0 Å². The molecule has 3 aliphatic heterocycles. The summed E-state index contributed by atoms with van der Waals surface area (Å²) in [4.78, 5) is 1.44. The molecule has 30 heavy (non-hydrogen) atoms. The number of benzene rings is 3. The SMILES string of the molecule is c1ccc2c(c1)CC(c1ccc3c(c1)CC(c1ccc4c(c1)OCCO4)CO3)CS2.